The maximum absolute atomic E-state index is 12.0. The third-order valence-electron chi connectivity index (χ3n) is 6.92. The molecule has 7 nitrogen and oxygen atoms in total. The topological polar surface area (TPSA) is 63.6 Å². The normalized spacial score (nSPS) is 14.1. The molecule has 0 saturated carbocycles. The first-order chi connectivity index (χ1) is 19.9. The molecular formula is C32H37Cl2N3O4. The molecule has 9 heteroatoms. The van der Waals surface area contributed by atoms with Crippen LogP contribution in [0.15, 0.2) is 71.7 Å². The van der Waals surface area contributed by atoms with E-state index in [-0.39, 0.29) is 19.2 Å². The molecule has 3 aromatic rings. The fraction of sp³-hybridized carbons (Fsp3) is 0.375. The van der Waals surface area contributed by atoms with Gasteiger partial charge in [0.05, 0.1) is 34.4 Å². The molecule has 0 bridgehead atoms. The monoisotopic (exact) mass is 597 g/mol. The van der Waals surface area contributed by atoms with E-state index in [1.807, 2.05) is 73.7 Å². The Morgan fingerprint density at radius 3 is 2.49 bits per heavy atom. The van der Waals surface area contributed by atoms with Crippen LogP contribution in [-0.2, 0) is 20.7 Å². The fourth-order valence-corrected chi connectivity index (χ4v) is 4.99. The van der Waals surface area contributed by atoms with E-state index in [9.17, 15) is 4.79 Å². The van der Waals surface area contributed by atoms with Crippen molar-refractivity contribution in [1.29, 1.82) is 0 Å². The van der Waals surface area contributed by atoms with Gasteiger partial charge in [0, 0.05) is 39.2 Å². The summed E-state index contributed by atoms with van der Waals surface area (Å²) in [6.45, 7) is 9.07. The van der Waals surface area contributed by atoms with Crippen LogP contribution in [0.25, 0.3) is 0 Å². The molecule has 1 saturated heterocycles. The summed E-state index contributed by atoms with van der Waals surface area (Å²) in [4.78, 5) is 21.3. The zero-order valence-electron chi connectivity index (χ0n) is 23.7. The number of unbranched alkanes of at least 4 members (excludes halogenated alkanes) is 1. The summed E-state index contributed by atoms with van der Waals surface area (Å²) in [5.41, 5.74) is 3.67. The van der Waals surface area contributed by atoms with E-state index in [1.54, 1.807) is 6.92 Å². The maximum Gasteiger partial charge on any atom is 0.313 e. The fourth-order valence-electron chi connectivity index (χ4n) is 4.57. The highest BCUT2D eigenvalue weighted by atomic mass is 35.5. The lowest BCUT2D eigenvalue weighted by Gasteiger charge is -2.36. The SMILES string of the molecule is CC(=Nc1cc(OCCCCN2CCN(c3cccc(Cl)c3Cl)CC2)ccc1C)OCOC(=O)Cc1ccccc1. The number of benzene rings is 3. The Morgan fingerprint density at radius 1 is 0.927 bits per heavy atom. The second-order valence-corrected chi connectivity index (χ2v) is 10.8. The van der Waals surface area contributed by atoms with Crippen LogP contribution in [0.4, 0.5) is 11.4 Å². The van der Waals surface area contributed by atoms with E-state index in [0.717, 1.165) is 73.8 Å². The van der Waals surface area contributed by atoms with Crippen LogP contribution >= 0.6 is 23.2 Å². The van der Waals surface area contributed by atoms with E-state index in [2.05, 4.69) is 14.8 Å². The van der Waals surface area contributed by atoms with Crippen LogP contribution in [0.5, 0.6) is 5.75 Å². The second-order valence-electron chi connectivity index (χ2n) is 9.98. The summed E-state index contributed by atoms with van der Waals surface area (Å²) in [5.74, 6) is 0.833. The molecule has 0 radical (unpaired) electrons. The number of hydrogen-bond acceptors (Lipinski definition) is 7. The van der Waals surface area contributed by atoms with Crippen molar-refractivity contribution in [3.05, 3.63) is 87.9 Å². The van der Waals surface area contributed by atoms with Gasteiger partial charge in [0.25, 0.3) is 0 Å². The predicted molar refractivity (Wildman–Crippen MR) is 166 cm³/mol. The van der Waals surface area contributed by atoms with E-state index < -0.39 is 0 Å². The minimum absolute atomic E-state index is 0.181. The van der Waals surface area contributed by atoms with Gasteiger partial charge in [-0.3, -0.25) is 9.69 Å². The van der Waals surface area contributed by atoms with Crippen molar-refractivity contribution >= 4 is 46.4 Å². The van der Waals surface area contributed by atoms with Crippen LogP contribution in [0.1, 0.15) is 30.9 Å². The highest BCUT2D eigenvalue weighted by Crippen LogP contribution is 2.33. The summed E-state index contributed by atoms with van der Waals surface area (Å²) < 4.78 is 16.7. The van der Waals surface area contributed by atoms with Crippen molar-refractivity contribution < 1.29 is 19.0 Å². The molecule has 0 aliphatic carbocycles. The zero-order valence-corrected chi connectivity index (χ0v) is 25.2. The Labute approximate surface area is 252 Å². The van der Waals surface area contributed by atoms with Crippen molar-refractivity contribution in [2.24, 2.45) is 4.99 Å². The number of esters is 1. The molecule has 41 heavy (non-hydrogen) atoms. The molecule has 0 amide bonds. The standard InChI is InChI=1S/C32H37Cl2N3O4/c1-24-13-14-27(22-29(24)35-25(2)40-23-41-31(38)21-26-9-4-3-5-10-26)39-20-7-6-15-36-16-18-37(19-17-36)30-12-8-11-28(33)32(30)34/h3-5,8-14,22H,6-7,15-21,23H2,1-2H3. The molecule has 1 heterocycles. The lowest BCUT2D eigenvalue weighted by atomic mass is 10.2. The molecule has 0 spiro atoms. The highest BCUT2D eigenvalue weighted by molar-refractivity contribution is 6.43. The molecular weight excluding hydrogens is 561 g/mol. The summed E-state index contributed by atoms with van der Waals surface area (Å²) in [6.07, 6.45) is 2.23. The summed E-state index contributed by atoms with van der Waals surface area (Å²) in [5, 5.41) is 1.23. The molecule has 1 fully saturated rings. The lowest BCUT2D eigenvalue weighted by molar-refractivity contribution is -0.150. The van der Waals surface area contributed by atoms with Crippen LogP contribution in [0.3, 0.4) is 0 Å². The molecule has 0 N–H and O–H groups in total. The van der Waals surface area contributed by atoms with Gasteiger partial charge in [-0.25, -0.2) is 4.99 Å². The Morgan fingerprint density at radius 2 is 1.71 bits per heavy atom. The van der Waals surface area contributed by atoms with E-state index in [4.69, 9.17) is 37.4 Å². The zero-order chi connectivity index (χ0) is 29.0. The summed E-state index contributed by atoms with van der Waals surface area (Å²) >= 11 is 12.6. The number of ether oxygens (including phenoxy) is 3. The minimum atomic E-state index is -0.347. The van der Waals surface area contributed by atoms with E-state index in [0.29, 0.717) is 22.5 Å². The average Bonchev–Trinajstić information content (AvgIpc) is 2.97. The number of anilines is 1. The summed E-state index contributed by atoms with van der Waals surface area (Å²) in [7, 11) is 0. The van der Waals surface area contributed by atoms with Gasteiger partial charge in [-0.15, -0.1) is 0 Å². The summed E-state index contributed by atoms with van der Waals surface area (Å²) in [6, 6.07) is 21.1. The molecule has 1 aliphatic heterocycles. The first-order valence-corrected chi connectivity index (χ1v) is 14.7. The number of carbonyl (C=O) groups excluding carboxylic acids is 1. The molecule has 0 atom stereocenters. The van der Waals surface area contributed by atoms with Crippen molar-refractivity contribution in [1.82, 2.24) is 4.90 Å². The molecule has 0 unspecified atom stereocenters. The molecule has 4 rings (SSSR count). The number of hydrogen-bond donors (Lipinski definition) is 0. The quantitative estimate of drug-likeness (QED) is 0.0729. The van der Waals surface area contributed by atoms with Crippen molar-refractivity contribution in [2.75, 3.05) is 51.0 Å². The number of aliphatic imine (C=N–C) groups is 1. The smallest absolute Gasteiger partial charge is 0.313 e. The van der Waals surface area contributed by atoms with Crippen molar-refractivity contribution in [3.63, 3.8) is 0 Å². The Bertz CT molecular complexity index is 1310. The minimum Gasteiger partial charge on any atom is -0.494 e. The van der Waals surface area contributed by atoms with Gasteiger partial charge < -0.3 is 19.1 Å². The number of rotatable bonds is 12. The van der Waals surface area contributed by atoms with E-state index >= 15 is 0 Å². The largest absolute Gasteiger partial charge is 0.494 e. The van der Waals surface area contributed by atoms with Crippen molar-refractivity contribution in [3.8, 4) is 5.75 Å². The van der Waals surface area contributed by atoms with Gasteiger partial charge in [0.2, 0.25) is 6.79 Å². The lowest BCUT2D eigenvalue weighted by Crippen LogP contribution is -2.46. The molecule has 0 aromatic heterocycles. The maximum atomic E-state index is 12.0. The van der Waals surface area contributed by atoms with Crippen LogP contribution in [-0.4, -0.2) is 62.9 Å². The third kappa shape index (κ3) is 9.66. The Kier molecular flexibility index (Phi) is 11.7. The number of carbonyl (C=O) groups is 1. The average molecular weight is 599 g/mol. The number of aryl methyl sites for hydroxylation is 1. The first kappa shape index (κ1) is 30.7. The second kappa shape index (κ2) is 15.7. The predicted octanol–water partition coefficient (Wildman–Crippen LogP) is 7.09. The Balaban J connectivity index is 1.14. The van der Waals surface area contributed by atoms with Crippen LogP contribution < -0.4 is 9.64 Å². The van der Waals surface area contributed by atoms with Gasteiger partial charge in [0.15, 0.2) is 5.90 Å². The van der Waals surface area contributed by atoms with Gasteiger partial charge in [-0.2, -0.15) is 0 Å². The first-order valence-electron chi connectivity index (χ1n) is 13.9. The van der Waals surface area contributed by atoms with Crippen LogP contribution in [0, 0.1) is 6.92 Å². The van der Waals surface area contributed by atoms with Crippen molar-refractivity contribution in [2.45, 2.75) is 33.1 Å². The molecule has 3 aromatic carbocycles. The third-order valence-corrected chi connectivity index (χ3v) is 7.73. The highest BCUT2D eigenvalue weighted by Gasteiger charge is 2.19. The molecule has 218 valence electrons. The van der Waals surface area contributed by atoms with Gasteiger partial charge in [-0.1, -0.05) is 65.7 Å². The number of piperazine rings is 1. The number of halogens is 2. The van der Waals surface area contributed by atoms with Gasteiger partial charge in [-0.05, 0) is 55.6 Å². The molecule has 1 aliphatic rings. The van der Waals surface area contributed by atoms with Crippen LogP contribution in [0.2, 0.25) is 10.0 Å². The van der Waals surface area contributed by atoms with Gasteiger partial charge >= 0.3 is 5.97 Å². The Hall–Kier alpha value is -3.26. The van der Waals surface area contributed by atoms with Gasteiger partial charge in [0.1, 0.15) is 5.75 Å². The number of nitrogens with zero attached hydrogens (tertiary/aromatic N) is 3. The van der Waals surface area contributed by atoms with E-state index in [1.165, 1.54) is 0 Å².